The number of aromatic nitrogens is 1. The first kappa shape index (κ1) is 18.1. The van der Waals surface area contributed by atoms with Crippen LogP contribution in [-0.2, 0) is 0 Å². The molecular formula is C20H14N2O7. The maximum absolute atomic E-state index is 12.1. The number of fused-ring (bicyclic) bond motifs is 1. The van der Waals surface area contributed by atoms with E-state index in [0.717, 1.165) is 11.1 Å². The lowest BCUT2D eigenvalue weighted by Crippen LogP contribution is -2.24. The van der Waals surface area contributed by atoms with E-state index in [4.69, 9.17) is 15.2 Å². The van der Waals surface area contributed by atoms with Crippen LogP contribution in [0.2, 0.25) is 0 Å². The summed E-state index contributed by atoms with van der Waals surface area (Å²) in [5.74, 6) is -2.17. The Bertz CT molecular complexity index is 1210. The zero-order chi connectivity index (χ0) is 20.7. The fourth-order valence-corrected chi connectivity index (χ4v) is 3.24. The van der Waals surface area contributed by atoms with Crippen LogP contribution in [-0.4, -0.2) is 33.9 Å². The number of aromatic amines is 1. The Morgan fingerprint density at radius 2 is 1.45 bits per heavy atom. The van der Waals surface area contributed by atoms with Gasteiger partial charge in [-0.25, -0.2) is 9.59 Å². The average Bonchev–Trinajstić information content (AvgIpc) is 3.14. The molecule has 2 heterocycles. The van der Waals surface area contributed by atoms with Crippen molar-refractivity contribution >= 4 is 17.8 Å². The molecule has 0 fully saturated rings. The van der Waals surface area contributed by atoms with Gasteiger partial charge in [0.2, 0.25) is 6.79 Å². The highest BCUT2D eigenvalue weighted by Gasteiger charge is 2.26. The second-order valence-electron chi connectivity index (χ2n) is 6.25. The van der Waals surface area contributed by atoms with Crippen LogP contribution in [0.3, 0.4) is 0 Å². The number of carbonyl (C=O) groups is 2. The molecule has 0 atom stereocenters. The fraction of sp³-hybridized carbons (Fsp3) is 0.0500. The molecule has 4 rings (SSSR count). The number of pyridine rings is 1. The van der Waals surface area contributed by atoms with Gasteiger partial charge in [0.25, 0.3) is 5.56 Å². The number of carboxylic acid groups (broad SMARTS) is 2. The molecular weight excluding hydrogens is 380 g/mol. The van der Waals surface area contributed by atoms with Crippen LogP contribution >= 0.6 is 0 Å². The maximum atomic E-state index is 12.1. The largest absolute Gasteiger partial charge is 0.478 e. The number of aromatic carboxylic acids is 2. The number of ether oxygens (including phenoxy) is 2. The molecule has 0 spiro atoms. The number of benzene rings is 2. The maximum Gasteiger partial charge on any atom is 0.342 e. The SMILES string of the molecule is Nc1[nH]c(=O)c(C(=O)O)c(-c2ccc(-c3ccc4c(c3)OCO4)cc2)c1C(=O)O. The van der Waals surface area contributed by atoms with Crippen LogP contribution in [0.15, 0.2) is 47.3 Å². The van der Waals surface area contributed by atoms with Gasteiger partial charge in [-0.3, -0.25) is 4.79 Å². The zero-order valence-corrected chi connectivity index (χ0v) is 14.8. The summed E-state index contributed by atoms with van der Waals surface area (Å²) in [5.41, 5.74) is 5.10. The number of carboxylic acids is 2. The topological polar surface area (TPSA) is 152 Å². The molecule has 1 aliphatic rings. The number of nitrogens with two attached hydrogens (primary N) is 1. The van der Waals surface area contributed by atoms with Gasteiger partial charge in [-0.1, -0.05) is 30.3 Å². The van der Waals surface area contributed by atoms with Gasteiger partial charge in [-0.2, -0.15) is 0 Å². The Morgan fingerprint density at radius 3 is 2.10 bits per heavy atom. The molecule has 1 aromatic heterocycles. The highest BCUT2D eigenvalue weighted by molar-refractivity contribution is 6.07. The summed E-state index contributed by atoms with van der Waals surface area (Å²) in [5, 5.41) is 19.0. The first-order valence-electron chi connectivity index (χ1n) is 8.39. The van der Waals surface area contributed by atoms with E-state index in [2.05, 4.69) is 4.98 Å². The number of H-pyrrole nitrogens is 1. The van der Waals surface area contributed by atoms with Gasteiger partial charge in [-0.05, 0) is 28.8 Å². The van der Waals surface area contributed by atoms with E-state index in [-0.39, 0.29) is 17.9 Å². The van der Waals surface area contributed by atoms with Crippen LogP contribution in [0.1, 0.15) is 20.7 Å². The molecule has 9 heteroatoms. The van der Waals surface area contributed by atoms with Crippen molar-refractivity contribution in [3.05, 3.63) is 63.9 Å². The third-order valence-electron chi connectivity index (χ3n) is 4.55. The second-order valence-corrected chi connectivity index (χ2v) is 6.25. The Morgan fingerprint density at radius 1 is 0.862 bits per heavy atom. The van der Waals surface area contributed by atoms with Crippen LogP contribution in [0.4, 0.5) is 5.82 Å². The lowest BCUT2D eigenvalue weighted by Gasteiger charge is -2.12. The number of rotatable bonds is 4. The molecule has 0 radical (unpaired) electrons. The van der Waals surface area contributed by atoms with Gasteiger partial charge in [0.1, 0.15) is 16.9 Å². The molecule has 29 heavy (non-hydrogen) atoms. The first-order valence-corrected chi connectivity index (χ1v) is 8.39. The van der Waals surface area contributed by atoms with Crippen LogP contribution < -0.4 is 20.8 Å². The lowest BCUT2D eigenvalue weighted by atomic mass is 9.93. The number of nitrogens with one attached hydrogen (secondary N) is 1. The third-order valence-corrected chi connectivity index (χ3v) is 4.55. The molecule has 0 saturated heterocycles. The highest BCUT2D eigenvalue weighted by atomic mass is 16.7. The average molecular weight is 394 g/mol. The summed E-state index contributed by atoms with van der Waals surface area (Å²) in [7, 11) is 0. The molecule has 0 amide bonds. The summed E-state index contributed by atoms with van der Waals surface area (Å²) in [6.45, 7) is 0.150. The van der Waals surface area contributed by atoms with Crippen molar-refractivity contribution in [2.75, 3.05) is 12.5 Å². The van der Waals surface area contributed by atoms with Crippen LogP contribution in [0.5, 0.6) is 11.5 Å². The second kappa shape index (κ2) is 6.71. The number of anilines is 1. The Labute approximate surface area is 162 Å². The summed E-state index contributed by atoms with van der Waals surface area (Å²) >= 11 is 0. The fourth-order valence-electron chi connectivity index (χ4n) is 3.24. The van der Waals surface area contributed by atoms with E-state index < -0.39 is 34.4 Å². The lowest BCUT2D eigenvalue weighted by molar-refractivity contribution is 0.0695. The Kier molecular flexibility index (Phi) is 4.19. The van der Waals surface area contributed by atoms with E-state index in [1.807, 2.05) is 6.07 Å². The molecule has 5 N–H and O–H groups in total. The van der Waals surface area contributed by atoms with Gasteiger partial charge in [0, 0.05) is 5.56 Å². The normalized spacial score (nSPS) is 12.0. The minimum absolute atomic E-state index is 0.150. The van der Waals surface area contributed by atoms with Crippen molar-refractivity contribution in [2.45, 2.75) is 0 Å². The smallest absolute Gasteiger partial charge is 0.342 e. The van der Waals surface area contributed by atoms with Gasteiger partial charge in [0.15, 0.2) is 11.5 Å². The molecule has 0 unspecified atom stereocenters. The predicted molar refractivity (Wildman–Crippen MR) is 102 cm³/mol. The summed E-state index contributed by atoms with van der Waals surface area (Å²) in [4.78, 5) is 37.5. The van der Waals surface area contributed by atoms with Crippen molar-refractivity contribution in [1.29, 1.82) is 0 Å². The number of nitrogen functional groups attached to an aromatic ring is 1. The summed E-state index contributed by atoms with van der Waals surface area (Å²) in [6, 6.07) is 11.8. The number of hydrogen-bond donors (Lipinski definition) is 4. The van der Waals surface area contributed by atoms with Crippen LogP contribution in [0, 0.1) is 0 Å². The summed E-state index contributed by atoms with van der Waals surface area (Å²) in [6.07, 6.45) is 0. The third kappa shape index (κ3) is 3.04. The molecule has 0 bridgehead atoms. The predicted octanol–water partition coefficient (Wildman–Crippen LogP) is 2.42. The summed E-state index contributed by atoms with van der Waals surface area (Å²) < 4.78 is 10.6. The molecule has 2 aromatic carbocycles. The van der Waals surface area contributed by atoms with E-state index in [0.29, 0.717) is 11.5 Å². The molecule has 146 valence electrons. The zero-order valence-electron chi connectivity index (χ0n) is 14.8. The minimum Gasteiger partial charge on any atom is -0.478 e. The molecule has 0 aliphatic carbocycles. The van der Waals surface area contributed by atoms with Gasteiger partial charge < -0.3 is 30.4 Å². The molecule has 9 nitrogen and oxygen atoms in total. The van der Waals surface area contributed by atoms with E-state index in [9.17, 15) is 24.6 Å². The highest BCUT2D eigenvalue weighted by Crippen LogP contribution is 2.37. The van der Waals surface area contributed by atoms with Crippen molar-refractivity contribution in [3.63, 3.8) is 0 Å². The van der Waals surface area contributed by atoms with Crippen molar-refractivity contribution in [3.8, 4) is 33.8 Å². The van der Waals surface area contributed by atoms with Gasteiger partial charge in [0.05, 0.1) is 0 Å². The van der Waals surface area contributed by atoms with Gasteiger partial charge in [-0.15, -0.1) is 0 Å². The van der Waals surface area contributed by atoms with E-state index >= 15 is 0 Å². The van der Waals surface area contributed by atoms with Crippen molar-refractivity contribution in [1.82, 2.24) is 4.98 Å². The van der Waals surface area contributed by atoms with E-state index in [1.165, 1.54) is 12.1 Å². The minimum atomic E-state index is -1.55. The monoisotopic (exact) mass is 394 g/mol. The standard InChI is InChI=1S/C20H14N2O7/c21-17-15(19(24)25)14(16(20(26)27)18(23)22-17)10-3-1-9(2-4-10)11-5-6-12-13(7-11)29-8-28-12/h1-7H,8H2,(H,24,25)(H,26,27)(H3,21,22,23). The molecule has 1 aliphatic heterocycles. The first-order chi connectivity index (χ1) is 13.9. The quantitative estimate of drug-likeness (QED) is 0.526. The van der Waals surface area contributed by atoms with Crippen molar-refractivity contribution < 1.29 is 29.3 Å². The molecule has 3 aromatic rings. The van der Waals surface area contributed by atoms with Crippen molar-refractivity contribution in [2.24, 2.45) is 0 Å². The molecule has 0 saturated carbocycles. The van der Waals surface area contributed by atoms with Gasteiger partial charge >= 0.3 is 11.9 Å². The Balaban J connectivity index is 1.85. The van der Waals surface area contributed by atoms with E-state index in [1.54, 1.807) is 24.3 Å². The number of hydrogen-bond acceptors (Lipinski definition) is 6. The van der Waals surface area contributed by atoms with Crippen LogP contribution in [0.25, 0.3) is 22.3 Å². The Hall–Kier alpha value is -4.27.